The number of benzene rings is 1. The summed E-state index contributed by atoms with van der Waals surface area (Å²) in [4.78, 5) is 12.5. The van der Waals surface area contributed by atoms with E-state index in [4.69, 9.17) is 0 Å². The highest BCUT2D eigenvalue weighted by Gasteiger charge is 2.54. The Labute approximate surface area is 113 Å². The Bertz CT molecular complexity index is 527. The van der Waals surface area contributed by atoms with Crippen LogP contribution in [0.25, 0.3) is 0 Å². The molecule has 0 aliphatic carbocycles. The molecule has 0 saturated carbocycles. The second kappa shape index (κ2) is 4.23. The van der Waals surface area contributed by atoms with Crippen molar-refractivity contribution in [3.05, 3.63) is 23.8 Å². The summed E-state index contributed by atoms with van der Waals surface area (Å²) in [5.41, 5.74) is 1.35. The molecular weight excluding hydrogens is 240 g/mol. The first-order chi connectivity index (χ1) is 9.04. The van der Waals surface area contributed by atoms with Gasteiger partial charge in [-0.3, -0.25) is 4.79 Å². The van der Waals surface area contributed by atoms with Crippen molar-refractivity contribution in [2.75, 3.05) is 11.9 Å². The Morgan fingerprint density at radius 2 is 2.26 bits per heavy atom. The third kappa shape index (κ3) is 1.74. The molecule has 2 atom stereocenters. The third-order valence-electron chi connectivity index (χ3n) is 4.35. The molecule has 4 nitrogen and oxygen atoms in total. The fourth-order valence-electron chi connectivity index (χ4n) is 3.52. The lowest BCUT2D eigenvalue weighted by Crippen LogP contribution is -2.46. The van der Waals surface area contributed by atoms with Gasteiger partial charge in [0.2, 0.25) is 5.91 Å². The maximum absolute atomic E-state index is 12.5. The summed E-state index contributed by atoms with van der Waals surface area (Å²) in [6.07, 6.45) is 1.81. The predicted molar refractivity (Wildman–Crippen MR) is 74.3 cm³/mol. The molecule has 0 bridgehead atoms. The molecule has 2 heterocycles. The molecule has 1 saturated heterocycles. The summed E-state index contributed by atoms with van der Waals surface area (Å²) in [6, 6.07) is 5.39. The molecule has 0 aromatic heterocycles. The molecule has 1 fully saturated rings. The van der Waals surface area contributed by atoms with Gasteiger partial charge in [-0.1, -0.05) is 19.9 Å². The SMILES string of the molecule is CC(C)C[C@@H]1NCC[C@@]12C(=O)Nc1cc(O)ccc12. The van der Waals surface area contributed by atoms with E-state index in [1.54, 1.807) is 12.1 Å². The minimum atomic E-state index is -0.451. The average Bonchev–Trinajstić information content (AvgIpc) is 2.84. The molecule has 1 amide bonds. The molecule has 2 aliphatic rings. The topological polar surface area (TPSA) is 61.4 Å². The Morgan fingerprint density at radius 3 is 3.00 bits per heavy atom. The van der Waals surface area contributed by atoms with Crippen LogP contribution in [0.2, 0.25) is 0 Å². The molecule has 19 heavy (non-hydrogen) atoms. The highest BCUT2D eigenvalue weighted by molar-refractivity contribution is 6.07. The van der Waals surface area contributed by atoms with Crippen molar-refractivity contribution in [3.63, 3.8) is 0 Å². The molecule has 0 unspecified atom stereocenters. The van der Waals surface area contributed by atoms with Crippen molar-refractivity contribution in [2.45, 2.75) is 38.1 Å². The number of phenolic OH excluding ortho intramolecular Hbond substituents is 1. The van der Waals surface area contributed by atoms with Gasteiger partial charge >= 0.3 is 0 Å². The average molecular weight is 260 g/mol. The smallest absolute Gasteiger partial charge is 0.236 e. The number of rotatable bonds is 2. The predicted octanol–water partition coefficient (Wildman–Crippen LogP) is 1.99. The fourth-order valence-corrected chi connectivity index (χ4v) is 3.52. The van der Waals surface area contributed by atoms with Crippen LogP contribution in [0, 0.1) is 5.92 Å². The lowest BCUT2D eigenvalue weighted by molar-refractivity contribution is -0.121. The van der Waals surface area contributed by atoms with Gasteiger partial charge in [0.05, 0.1) is 5.41 Å². The van der Waals surface area contributed by atoms with Crippen LogP contribution in [-0.4, -0.2) is 23.6 Å². The van der Waals surface area contributed by atoms with Gasteiger partial charge < -0.3 is 15.7 Å². The van der Waals surface area contributed by atoms with Crippen molar-refractivity contribution in [3.8, 4) is 5.75 Å². The van der Waals surface area contributed by atoms with Crippen LogP contribution in [0.4, 0.5) is 5.69 Å². The highest BCUT2D eigenvalue weighted by atomic mass is 16.3. The van der Waals surface area contributed by atoms with E-state index < -0.39 is 5.41 Å². The van der Waals surface area contributed by atoms with Crippen molar-refractivity contribution < 1.29 is 9.90 Å². The first-order valence-electron chi connectivity index (χ1n) is 6.92. The minimum absolute atomic E-state index is 0.0729. The number of fused-ring (bicyclic) bond motifs is 2. The zero-order valence-corrected chi connectivity index (χ0v) is 11.4. The standard InChI is InChI=1S/C15H20N2O2/c1-9(2)7-13-15(5-6-16-13)11-4-3-10(18)8-12(11)17-14(15)19/h3-4,8-9,13,16,18H,5-7H2,1-2H3,(H,17,19)/t13-,15-/m0/s1. The van der Waals surface area contributed by atoms with Crippen molar-refractivity contribution in [1.82, 2.24) is 5.32 Å². The maximum Gasteiger partial charge on any atom is 0.236 e. The van der Waals surface area contributed by atoms with Crippen molar-refractivity contribution in [1.29, 1.82) is 0 Å². The number of hydrogen-bond acceptors (Lipinski definition) is 3. The van der Waals surface area contributed by atoms with Gasteiger partial charge in [0.1, 0.15) is 5.75 Å². The minimum Gasteiger partial charge on any atom is -0.508 e. The number of phenols is 1. The Balaban J connectivity index is 2.06. The fraction of sp³-hybridized carbons (Fsp3) is 0.533. The van der Waals surface area contributed by atoms with Crippen LogP contribution in [0.1, 0.15) is 32.3 Å². The number of anilines is 1. The van der Waals surface area contributed by atoms with E-state index in [0.29, 0.717) is 5.92 Å². The van der Waals surface area contributed by atoms with Crippen molar-refractivity contribution >= 4 is 11.6 Å². The van der Waals surface area contributed by atoms with Gasteiger partial charge in [-0.05, 0) is 36.9 Å². The molecule has 0 radical (unpaired) electrons. The van der Waals surface area contributed by atoms with E-state index in [-0.39, 0.29) is 17.7 Å². The van der Waals surface area contributed by atoms with E-state index >= 15 is 0 Å². The monoisotopic (exact) mass is 260 g/mol. The van der Waals surface area contributed by atoms with Crippen LogP contribution < -0.4 is 10.6 Å². The highest BCUT2D eigenvalue weighted by Crippen LogP contribution is 2.47. The lowest BCUT2D eigenvalue weighted by atomic mass is 9.73. The van der Waals surface area contributed by atoms with Crippen LogP contribution in [0.15, 0.2) is 18.2 Å². The number of carbonyl (C=O) groups is 1. The van der Waals surface area contributed by atoms with E-state index in [1.807, 2.05) is 6.07 Å². The van der Waals surface area contributed by atoms with Crippen LogP contribution in [0.3, 0.4) is 0 Å². The molecule has 102 valence electrons. The Hall–Kier alpha value is -1.55. The molecule has 2 aliphatic heterocycles. The first kappa shape index (κ1) is 12.5. The number of amides is 1. The summed E-state index contributed by atoms with van der Waals surface area (Å²) in [5, 5.41) is 16.0. The lowest BCUT2D eigenvalue weighted by Gasteiger charge is -2.30. The van der Waals surface area contributed by atoms with E-state index in [0.717, 1.165) is 30.6 Å². The van der Waals surface area contributed by atoms with Crippen molar-refractivity contribution in [2.24, 2.45) is 5.92 Å². The summed E-state index contributed by atoms with van der Waals surface area (Å²) < 4.78 is 0. The van der Waals surface area contributed by atoms with E-state index in [1.165, 1.54) is 0 Å². The van der Waals surface area contributed by atoms with Gasteiger partial charge in [-0.15, -0.1) is 0 Å². The largest absolute Gasteiger partial charge is 0.508 e. The number of carbonyl (C=O) groups excluding carboxylic acids is 1. The molecule has 4 heteroatoms. The quantitative estimate of drug-likeness (QED) is 0.762. The van der Waals surface area contributed by atoms with Crippen LogP contribution in [-0.2, 0) is 10.2 Å². The Morgan fingerprint density at radius 1 is 1.47 bits per heavy atom. The zero-order chi connectivity index (χ0) is 13.6. The molecular formula is C15H20N2O2. The van der Waals surface area contributed by atoms with Gasteiger partial charge in [0, 0.05) is 17.8 Å². The number of hydrogen-bond donors (Lipinski definition) is 3. The number of nitrogens with one attached hydrogen (secondary N) is 2. The normalized spacial score (nSPS) is 29.0. The third-order valence-corrected chi connectivity index (χ3v) is 4.35. The van der Waals surface area contributed by atoms with Gasteiger partial charge in [0.25, 0.3) is 0 Å². The summed E-state index contributed by atoms with van der Waals surface area (Å²) in [7, 11) is 0. The van der Waals surface area contributed by atoms with E-state index in [9.17, 15) is 9.90 Å². The van der Waals surface area contributed by atoms with E-state index in [2.05, 4.69) is 24.5 Å². The second-order valence-corrected chi connectivity index (χ2v) is 6.04. The molecule has 3 N–H and O–H groups in total. The van der Waals surface area contributed by atoms with Crippen LogP contribution in [0.5, 0.6) is 5.75 Å². The first-order valence-corrected chi connectivity index (χ1v) is 6.92. The zero-order valence-electron chi connectivity index (χ0n) is 11.4. The van der Waals surface area contributed by atoms with Gasteiger partial charge in [0.15, 0.2) is 0 Å². The van der Waals surface area contributed by atoms with Crippen LogP contribution >= 0.6 is 0 Å². The van der Waals surface area contributed by atoms with Gasteiger partial charge in [-0.25, -0.2) is 0 Å². The summed E-state index contributed by atoms with van der Waals surface area (Å²) in [5.74, 6) is 0.813. The maximum atomic E-state index is 12.5. The number of aromatic hydroxyl groups is 1. The second-order valence-electron chi connectivity index (χ2n) is 6.04. The Kier molecular flexibility index (Phi) is 2.78. The summed E-state index contributed by atoms with van der Waals surface area (Å²) in [6.45, 7) is 5.22. The molecule has 3 rings (SSSR count). The molecule has 1 spiro atoms. The molecule has 1 aromatic carbocycles. The summed E-state index contributed by atoms with van der Waals surface area (Å²) >= 11 is 0. The van der Waals surface area contributed by atoms with Gasteiger partial charge in [-0.2, -0.15) is 0 Å². The molecule has 1 aromatic rings.